The summed E-state index contributed by atoms with van der Waals surface area (Å²) in [7, 11) is 3.44. The number of aromatic nitrogens is 1. The lowest BCUT2D eigenvalue weighted by atomic mass is 10.2. The summed E-state index contributed by atoms with van der Waals surface area (Å²) >= 11 is 1.51. The Morgan fingerprint density at radius 2 is 1.78 bits per heavy atom. The molecule has 8 heteroatoms. The molecule has 140 valence electrons. The molecule has 27 heavy (non-hydrogen) atoms. The average Bonchev–Trinajstić information content (AvgIpc) is 3.07. The van der Waals surface area contributed by atoms with Crippen molar-refractivity contribution in [2.75, 3.05) is 36.2 Å². The Balaban J connectivity index is 1.64. The normalized spacial score (nSPS) is 10.5. The van der Waals surface area contributed by atoms with Crippen LogP contribution in [0.1, 0.15) is 6.92 Å². The number of anilines is 3. The number of nitrogens with one attached hydrogen (secondary N) is 2. The van der Waals surface area contributed by atoms with Crippen LogP contribution in [0.4, 0.5) is 16.5 Å². The van der Waals surface area contributed by atoms with Gasteiger partial charge in [-0.2, -0.15) is 0 Å². The molecule has 3 aromatic rings. The maximum Gasteiger partial charge on any atom is 0.243 e. The number of benzene rings is 2. The maximum atomic E-state index is 12.3. The summed E-state index contributed by atoms with van der Waals surface area (Å²) in [6, 6.07) is 12.7. The van der Waals surface area contributed by atoms with Gasteiger partial charge in [0.2, 0.25) is 11.8 Å². The lowest BCUT2D eigenvalue weighted by Gasteiger charge is -2.15. The minimum absolute atomic E-state index is 0.138. The molecule has 1 heterocycles. The number of methoxy groups -OCH3 is 1. The number of hydrogen-bond donors (Lipinski definition) is 2. The Kier molecular flexibility index (Phi) is 5.56. The maximum absolute atomic E-state index is 12.3. The van der Waals surface area contributed by atoms with Crippen molar-refractivity contribution in [3.05, 3.63) is 42.5 Å². The molecule has 0 aliphatic heterocycles. The monoisotopic (exact) mass is 384 g/mol. The SMILES string of the molecule is COc1cccc2sc(N(C)CC(=O)Nc3ccc(NC(C)=O)cc3)nc12. The summed E-state index contributed by atoms with van der Waals surface area (Å²) in [5.41, 5.74) is 2.13. The highest BCUT2D eigenvalue weighted by Crippen LogP contribution is 2.33. The Hall–Kier alpha value is -3.13. The Bertz CT molecular complexity index is 969. The number of carbonyl (C=O) groups excluding carboxylic acids is 2. The third-order valence-electron chi connectivity index (χ3n) is 3.79. The largest absolute Gasteiger partial charge is 0.494 e. The van der Waals surface area contributed by atoms with E-state index in [1.807, 2.05) is 25.2 Å². The summed E-state index contributed by atoms with van der Waals surface area (Å²) in [5, 5.41) is 6.26. The first kappa shape index (κ1) is 18.7. The molecule has 2 aromatic carbocycles. The molecule has 0 bridgehead atoms. The second-order valence-corrected chi connectivity index (χ2v) is 6.98. The molecule has 1 aromatic heterocycles. The first-order chi connectivity index (χ1) is 13.0. The highest BCUT2D eigenvalue weighted by atomic mass is 32.1. The van der Waals surface area contributed by atoms with Crippen LogP contribution < -0.4 is 20.3 Å². The lowest BCUT2D eigenvalue weighted by Crippen LogP contribution is -2.29. The van der Waals surface area contributed by atoms with Gasteiger partial charge < -0.3 is 20.3 Å². The first-order valence-corrected chi connectivity index (χ1v) is 9.10. The molecule has 0 fully saturated rings. The molecule has 2 amide bonds. The average molecular weight is 384 g/mol. The minimum Gasteiger partial charge on any atom is -0.494 e. The number of fused-ring (bicyclic) bond motifs is 1. The van der Waals surface area contributed by atoms with Crippen LogP contribution in [-0.2, 0) is 9.59 Å². The number of carbonyl (C=O) groups is 2. The van der Waals surface area contributed by atoms with E-state index in [-0.39, 0.29) is 18.4 Å². The molecular formula is C19H20N4O3S. The third-order valence-corrected chi connectivity index (χ3v) is 4.92. The van der Waals surface area contributed by atoms with Gasteiger partial charge in [0.15, 0.2) is 5.13 Å². The van der Waals surface area contributed by atoms with Gasteiger partial charge in [0.1, 0.15) is 11.3 Å². The topological polar surface area (TPSA) is 83.6 Å². The summed E-state index contributed by atoms with van der Waals surface area (Å²) in [4.78, 5) is 29.7. The van der Waals surface area contributed by atoms with Crippen molar-refractivity contribution >= 4 is 49.9 Å². The van der Waals surface area contributed by atoms with Crippen LogP contribution in [0.15, 0.2) is 42.5 Å². The third kappa shape index (κ3) is 4.53. The molecule has 0 unspecified atom stereocenters. The van der Waals surface area contributed by atoms with Gasteiger partial charge in [0.25, 0.3) is 0 Å². The number of amides is 2. The molecule has 7 nitrogen and oxygen atoms in total. The van der Waals surface area contributed by atoms with E-state index in [2.05, 4.69) is 15.6 Å². The van der Waals surface area contributed by atoms with E-state index in [1.165, 1.54) is 18.3 Å². The van der Waals surface area contributed by atoms with E-state index in [9.17, 15) is 9.59 Å². The Labute approximate surface area is 161 Å². The van der Waals surface area contributed by atoms with Gasteiger partial charge in [0, 0.05) is 25.3 Å². The summed E-state index contributed by atoms with van der Waals surface area (Å²) in [6.07, 6.45) is 0. The zero-order valence-corrected chi connectivity index (χ0v) is 16.1. The van der Waals surface area contributed by atoms with Crippen LogP contribution in [-0.4, -0.2) is 37.5 Å². The molecule has 0 atom stereocenters. The Morgan fingerprint density at radius 1 is 1.11 bits per heavy atom. The van der Waals surface area contributed by atoms with Crippen LogP contribution in [0.2, 0.25) is 0 Å². The number of thiazole rings is 1. The molecule has 0 aliphatic carbocycles. The van der Waals surface area contributed by atoms with Gasteiger partial charge in [0.05, 0.1) is 18.4 Å². The van der Waals surface area contributed by atoms with Crippen molar-refractivity contribution < 1.29 is 14.3 Å². The van der Waals surface area contributed by atoms with E-state index in [4.69, 9.17) is 4.74 Å². The molecule has 0 radical (unpaired) electrons. The number of hydrogen-bond acceptors (Lipinski definition) is 6. The van der Waals surface area contributed by atoms with Gasteiger partial charge in [-0.05, 0) is 36.4 Å². The van der Waals surface area contributed by atoms with Gasteiger partial charge >= 0.3 is 0 Å². The number of likely N-dealkylation sites (N-methyl/N-ethyl adjacent to an activating group) is 1. The summed E-state index contributed by atoms with van der Waals surface area (Å²) in [6.45, 7) is 1.61. The predicted molar refractivity (Wildman–Crippen MR) is 109 cm³/mol. The molecule has 3 rings (SSSR count). The van der Waals surface area contributed by atoms with Crippen LogP contribution in [0, 0.1) is 0 Å². The fraction of sp³-hybridized carbons (Fsp3) is 0.211. The highest BCUT2D eigenvalue weighted by molar-refractivity contribution is 7.22. The second kappa shape index (κ2) is 8.05. The highest BCUT2D eigenvalue weighted by Gasteiger charge is 2.14. The number of nitrogens with zero attached hydrogens (tertiary/aromatic N) is 2. The molecule has 0 saturated heterocycles. The van der Waals surface area contributed by atoms with Crippen molar-refractivity contribution in [2.24, 2.45) is 0 Å². The van der Waals surface area contributed by atoms with E-state index < -0.39 is 0 Å². The number of para-hydroxylation sites is 1. The lowest BCUT2D eigenvalue weighted by molar-refractivity contribution is -0.115. The van der Waals surface area contributed by atoms with Crippen LogP contribution in [0.3, 0.4) is 0 Å². The van der Waals surface area contributed by atoms with Crippen LogP contribution in [0.25, 0.3) is 10.2 Å². The molecule has 0 saturated carbocycles. The van der Waals surface area contributed by atoms with E-state index in [1.54, 1.807) is 36.3 Å². The fourth-order valence-corrected chi connectivity index (χ4v) is 3.51. The molecule has 0 spiro atoms. The second-order valence-electron chi connectivity index (χ2n) is 5.97. The zero-order valence-electron chi connectivity index (χ0n) is 15.3. The van der Waals surface area contributed by atoms with Crippen molar-refractivity contribution in [2.45, 2.75) is 6.92 Å². The fourth-order valence-electron chi connectivity index (χ4n) is 2.56. The first-order valence-electron chi connectivity index (χ1n) is 8.28. The van der Waals surface area contributed by atoms with Gasteiger partial charge in [-0.25, -0.2) is 4.98 Å². The van der Waals surface area contributed by atoms with E-state index in [0.717, 1.165) is 15.3 Å². The van der Waals surface area contributed by atoms with Crippen molar-refractivity contribution in [1.29, 1.82) is 0 Å². The zero-order chi connectivity index (χ0) is 19.4. The van der Waals surface area contributed by atoms with Gasteiger partial charge in [-0.1, -0.05) is 17.4 Å². The Morgan fingerprint density at radius 3 is 2.41 bits per heavy atom. The van der Waals surface area contributed by atoms with Crippen molar-refractivity contribution in [3.63, 3.8) is 0 Å². The quantitative estimate of drug-likeness (QED) is 0.681. The molecular weight excluding hydrogens is 364 g/mol. The van der Waals surface area contributed by atoms with Crippen LogP contribution in [0.5, 0.6) is 5.75 Å². The van der Waals surface area contributed by atoms with E-state index >= 15 is 0 Å². The van der Waals surface area contributed by atoms with E-state index in [0.29, 0.717) is 17.1 Å². The number of rotatable bonds is 6. The van der Waals surface area contributed by atoms with Crippen molar-refractivity contribution in [3.8, 4) is 5.75 Å². The number of ether oxygens (including phenoxy) is 1. The standard InChI is InChI=1S/C19H20N4O3S/c1-12(24)20-13-7-9-14(10-8-13)21-17(25)11-23(2)19-22-18-15(26-3)5-4-6-16(18)27-19/h4-10H,11H2,1-3H3,(H,20,24)(H,21,25). The predicted octanol–water partition coefficient (Wildman–Crippen LogP) is 3.34. The summed E-state index contributed by atoms with van der Waals surface area (Å²) in [5.74, 6) is 0.420. The summed E-state index contributed by atoms with van der Waals surface area (Å²) < 4.78 is 6.34. The van der Waals surface area contributed by atoms with Gasteiger partial charge in [-0.3, -0.25) is 9.59 Å². The minimum atomic E-state index is -0.156. The van der Waals surface area contributed by atoms with Gasteiger partial charge in [-0.15, -0.1) is 0 Å². The smallest absolute Gasteiger partial charge is 0.243 e. The van der Waals surface area contributed by atoms with Crippen molar-refractivity contribution in [1.82, 2.24) is 4.98 Å². The molecule has 2 N–H and O–H groups in total. The molecule has 0 aliphatic rings. The van der Waals surface area contributed by atoms with Crippen LogP contribution >= 0.6 is 11.3 Å².